The Labute approximate surface area is 132 Å². The standard InChI is InChI=1S/C19H23NS/c1-15-18(12-7-13-21-15)20-19-11-6-5-10-17(19)14-16-8-3-2-4-9-16/h2-6,8-11,15,18,20H,7,12-14H2,1H3. The average Bonchev–Trinajstić information content (AvgIpc) is 2.52. The minimum atomic E-state index is 0.598. The maximum absolute atomic E-state index is 3.80. The summed E-state index contributed by atoms with van der Waals surface area (Å²) in [6.07, 6.45) is 3.61. The summed E-state index contributed by atoms with van der Waals surface area (Å²) in [6, 6.07) is 20.1. The van der Waals surface area contributed by atoms with Crippen molar-refractivity contribution in [1.29, 1.82) is 0 Å². The van der Waals surface area contributed by atoms with E-state index in [-0.39, 0.29) is 0 Å². The van der Waals surface area contributed by atoms with Crippen LogP contribution in [0.4, 0.5) is 5.69 Å². The van der Waals surface area contributed by atoms with E-state index in [1.165, 1.54) is 35.4 Å². The Morgan fingerprint density at radius 3 is 2.62 bits per heavy atom. The summed E-state index contributed by atoms with van der Waals surface area (Å²) >= 11 is 2.09. The lowest BCUT2D eigenvalue weighted by molar-refractivity contribution is 0.617. The number of hydrogen-bond donors (Lipinski definition) is 1. The Balaban J connectivity index is 1.76. The van der Waals surface area contributed by atoms with Gasteiger partial charge in [-0.05, 0) is 42.2 Å². The summed E-state index contributed by atoms with van der Waals surface area (Å²) in [6.45, 7) is 2.35. The molecule has 1 nitrogen and oxygen atoms in total. The summed E-state index contributed by atoms with van der Waals surface area (Å²) in [4.78, 5) is 0. The van der Waals surface area contributed by atoms with Gasteiger partial charge in [0, 0.05) is 17.0 Å². The van der Waals surface area contributed by atoms with Crippen LogP contribution in [0.25, 0.3) is 0 Å². The molecule has 2 heteroatoms. The molecule has 0 saturated carbocycles. The molecule has 0 spiro atoms. The van der Waals surface area contributed by atoms with Crippen LogP contribution in [-0.2, 0) is 6.42 Å². The highest BCUT2D eigenvalue weighted by atomic mass is 32.2. The highest BCUT2D eigenvalue weighted by molar-refractivity contribution is 8.00. The van der Waals surface area contributed by atoms with Gasteiger partial charge in [-0.3, -0.25) is 0 Å². The van der Waals surface area contributed by atoms with Crippen LogP contribution in [-0.4, -0.2) is 17.0 Å². The molecule has 2 atom stereocenters. The third-order valence-electron chi connectivity index (χ3n) is 4.20. The molecular weight excluding hydrogens is 274 g/mol. The van der Waals surface area contributed by atoms with Gasteiger partial charge in [-0.25, -0.2) is 0 Å². The summed E-state index contributed by atoms with van der Waals surface area (Å²) < 4.78 is 0. The molecule has 1 aliphatic rings. The fourth-order valence-corrected chi connectivity index (χ4v) is 4.09. The molecule has 0 aliphatic carbocycles. The first-order valence-corrected chi connectivity index (χ1v) is 8.88. The predicted octanol–water partition coefficient (Wildman–Crippen LogP) is 4.97. The van der Waals surface area contributed by atoms with E-state index >= 15 is 0 Å². The molecule has 3 rings (SSSR count). The molecule has 1 heterocycles. The van der Waals surface area contributed by atoms with Crippen molar-refractivity contribution in [3.63, 3.8) is 0 Å². The van der Waals surface area contributed by atoms with Crippen molar-refractivity contribution in [3.8, 4) is 0 Å². The molecule has 0 aromatic heterocycles. The number of rotatable bonds is 4. The van der Waals surface area contributed by atoms with Gasteiger partial charge in [-0.2, -0.15) is 11.8 Å². The van der Waals surface area contributed by atoms with Gasteiger partial charge in [-0.1, -0.05) is 55.5 Å². The van der Waals surface area contributed by atoms with E-state index < -0.39 is 0 Å². The Kier molecular flexibility index (Phi) is 4.87. The van der Waals surface area contributed by atoms with E-state index in [0.29, 0.717) is 11.3 Å². The molecule has 21 heavy (non-hydrogen) atoms. The summed E-state index contributed by atoms with van der Waals surface area (Å²) in [5, 5.41) is 4.50. The molecule has 1 fully saturated rings. The maximum atomic E-state index is 3.80. The van der Waals surface area contributed by atoms with Crippen molar-refractivity contribution < 1.29 is 0 Å². The quantitative estimate of drug-likeness (QED) is 0.854. The van der Waals surface area contributed by atoms with E-state index in [4.69, 9.17) is 0 Å². The lowest BCUT2D eigenvalue weighted by atomic mass is 10.0. The first-order chi connectivity index (χ1) is 10.3. The molecule has 110 valence electrons. The number of nitrogens with one attached hydrogen (secondary N) is 1. The summed E-state index contributed by atoms with van der Waals surface area (Å²) in [5.74, 6) is 1.31. The van der Waals surface area contributed by atoms with Crippen molar-refractivity contribution in [3.05, 3.63) is 65.7 Å². The van der Waals surface area contributed by atoms with Crippen molar-refractivity contribution in [2.75, 3.05) is 11.1 Å². The highest BCUT2D eigenvalue weighted by Gasteiger charge is 2.22. The predicted molar refractivity (Wildman–Crippen MR) is 94.3 cm³/mol. The summed E-state index contributed by atoms with van der Waals surface area (Å²) in [5.41, 5.74) is 4.07. The molecular formula is C19H23NS. The average molecular weight is 297 g/mol. The van der Waals surface area contributed by atoms with Gasteiger partial charge in [0.1, 0.15) is 0 Å². The highest BCUT2D eigenvalue weighted by Crippen LogP contribution is 2.29. The number of hydrogen-bond acceptors (Lipinski definition) is 2. The van der Waals surface area contributed by atoms with Gasteiger partial charge >= 0.3 is 0 Å². The molecule has 2 aromatic rings. The minimum absolute atomic E-state index is 0.598. The SMILES string of the molecule is CC1SCCCC1Nc1ccccc1Cc1ccccc1. The second-order valence-electron chi connectivity index (χ2n) is 5.79. The van der Waals surface area contributed by atoms with Gasteiger partial charge in [0.05, 0.1) is 0 Å². The van der Waals surface area contributed by atoms with Crippen molar-refractivity contribution >= 4 is 17.4 Å². The van der Waals surface area contributed by atoms with E-state index in [2.05, 4.69) is 78.6 Å². The monoisotopic (exact) mass is 297 g/mol. The van der Waals surface area contributed by atoms with E-state index in [0.717, 1.165) is 6.42 Å². The number of anilines is 1. The molecule has 2 aromatic carbocycles. The molecule has 0 radical (unpaired) electrons. The van der Waals surface area contributed by atoms with Crippen molar-refractivity contribution in [1.82, 2.24) is 0 Å². The smallest absolute Gasteiger partial charge is 0.0378 e. The zero-order valence-electron chi connectivity index (χ0n) is 12.6. The molecule has 0 bridgehead atoms. The number of thioether (sulfide) groups is 1. The Hall–Kier alpha value is -1.41. The third-order valence-corrected chi connectivity index (χ3v) is 5.58. The van der Waals surface area contributed by atoms with Crippen LogP contribution in [0.5, 0.6) is 0 Å². The van der Waals surface area contributed by atoms with Crippen LogP contribution in [0.2, 0.25) is 0 Å². The van der Waals surface area contributed by atoms with Crippen LogP contribution >= 0.6 is 11.8 Å². The second-order valence-corrected chi connectivity index (χ2v) is 7.27. The Morgan fingerprint density at radius 1 is 1.05 bits per heavy atom. The van der Waals surface area contributed by atoms with Gasteiger partial charge < -0.3 is 5.32 Å². The molecule has 1 saturated heterocycles. The first-order valence-electron chi connectivity index (χ1n) is 7.83. The van der Waals surface area contributed by atoms with Crippen LogP contribution in [0.15, 0.2) is 54.6 Å². The molecule has 2 unspecified atom stereocenters. The van der Waals surface area contributed by atoms with E-state index in [1.807, 2.05) is 0 Å². The van der Waals surface area contributed by atoms with Crippen LogP contribution < -0.4 is 5.32 Å². The molecule has 0 amide bonds. The van der Waals surface area contributed by atoms with Crippen LogP contribution in [0.3, 0.4) is 0 Å². The van der Waals surface area contributed by atoms with Crippen LogP contribution in [0.1, 0.15) is 30.9 Å². The Morgan fingerprint density at radius 2 is 1.81 bits per heavy atom. The van der Waals surface area contributed by atoms with Crippen molar-refractivity contribution in [2.45, 2.75) is 37.5 Å². The molecule has 1 aliphatic heterocycles. The topological polar surface area (TPSA) is 12.0 Å². The minimum Gasteiger partial charge on any atom is -0.381 e. The molecule has 1 N–H and O–H groups in total. The fourth-order valence-electron chi connectivity index (χ4n) is 2.94. The largest absolute Gasteiger partial charge is 0.381 e. The first kappa shape index (κ1) is 14.5. The fraction of sp³-hybridized carbons (Fsp3) is 0.368. The Bertz CT molecular complexity index is 567. The van der Waals surface area contributed by atoms with Crippen molar-refractivity contribution in [2.24, 2.45) is 0 Å². The second kappa shape index (κ2) is 7.04. The maximum Gasteiger partial charge on any atom is 0.0378 e. The normalized spacial score (nSPS) is 22.0. The van der Waals surface area contributed by atoms with E-state index in [1.54, 1.807) is 0 Å². The third kappa shape index (κ3) is 3.82. The lowest BCUT2D eigenvalue weighted by Gasteiger charge is -2.30. The number of para-hydroxylation sites is 1. The van der Waals surface area contributed by atoms with Gasteiger partial charge in [0.15, 0.2) is 0 Å². The lowest BCUT2D eigenvalue weighted by Crippen LogP contribution is -2.33. The van der Waals surface area contributed by atoms with Gasteiger partial charge in [0.25, 0.3) is 0 Å². The van der Waals surface area contributed by atoms with Gasteiger partial charge in [-0.15, -0.1) is 0 Å². The van der Waals surface area contributed by atoms with E-state index in [9.17, 15) is 0 Å². The zero-order valence-corrected chi connectivity index (χ0v) is 13.4. The van der Waals surface area contributed by atoms with Gasteiger partial charge in [0.2, 0.25) is 0 Å². The van der Waals surface area contributed by atoms with Crippen LogP contribution in [0, 0.1) is 0 Å². The zero-order chi connectivity index (χ0) is 14.5. The summed E-state index contributed by atoms with van der Waals surface area (Å²) in [7, 11) is 0. The number of benzene rings is 2.